The molecule has 5 heteroatoms. The van der Waals surface area contributed by atoms with Crippen LogP contribution in [0.1, 0.15) is 59.3 Å². The summed E-state index contributed by atoms with van der Waals surface area (Å²) in [4.78, 5) is 0. The molecule has 0 bridgehead atoms. The molecule has 0 rings (SSSR count). The molecule has 0 aromatic heterocycles. The standard InChI is InChI=1S/C15H35OP.C2HN3/c1-5-8-12-17(13-9-6-2,14-10-7-3)15-11-16-4;3-1-5-2-4/h17H,5-15H2,1-4H3;5H. The average Bonchev–Trinajstić information content (AvgIpc) is 2.55. The number of nitrogens with zero attached hydrogens (tertiary/aromatic N) is 2. The summed E-state index contributed by atoms with van der Waals surface area (Å²) in [7, 11) is 0.855. The molecule has 0 amide bonds. The number of methoxy groups -OCH3 is 1. The van der Waals surface area contributed by atoms with Crippen LogP contribution in [0.2, 0.25) is 0 Å². The minimum Gasteiger partial charge on any atom is -0.229 e. The van der Waals surface area contributed by atoms with Gasteiger partial charge in [0.2, 0.25) is 0 Å². The summed E-state index contributed by atoms with van der Waals surface area (Å²) >= 11 is 0. The van der Waals surface area contributed by atoms with E-state index in [2.05, 4.69) is 20.8 Å². The third-order valence-corrected chi connectivity index (χ3v) is 9.64. The van der Waals surface area contributed by atoms with Crippen molar-refractivity contribution in [3.63, 3.8) is 0 Å². The Morgan fingerprint density at radius 1 is 0.818 bits per heavy atom. The van der Waals surface area contributed by atoms with Crippen LogP contribution in [0.3, 0.4) is 0 Å². The fraction of sp³-hybridized carbons (Fsp3) is 0.882. The molecule has 22 heavy (non-hydrogen) atoms. The van der Waals surface area contributed by atoms with Crippen LogP contribution in [0.15, 0.2) is 0 Å². The zero-order chi connectivity index (χ0) is 17.1. The molecule has 0 aromatic carbocycles. The SMILES string of the molecule is CCCC[PH](CCCC)(CCCC)CCOC.N#CNC#N. The molecule has 0 heterocycles. The Bertz CT molecular complexity index is 260. The van der Waals surface area contributed by atoms with Crippen molar-refractivity contribution in [3.8, 4) is 12.4 Å². The van der Waals surface area contributed by atoms with Crippen molar-refractivity contribution < 1.29 is 4.74 Å². The van der Waals surface area contributed by atoms with Crippen LogP contribution in [0.5, 0.6) is 0 Å². The van der Waals surface area contributed by atoms with Crippen LogP contribution in [-0.4, -0.2) is 38.4 Å². The van der Waals surface area contributed by atoms with Crippen molar-refractivity contribution in [2.24, 2.45) is 0 Å². The van der Waals surface area contributed by atoms with E-state index in [0.717, 1.165) is 6.61 Å². The van der Waals surface area contributed by atoms with Gasteiger partial charge < -0.3 is 0 Å². The summed E-state index contributed by atoms with van der Waals surface area (Å²) < 4.78 is 5.37. The van der Waals surface area contributed by atoms with E-state index in [1.807, 2.05) is 7.11 Å². The predicted octanol–water partition coefficient (Wildman–Crippen LogP) is 4.32. The monoisotopic (exact) mass is 329 g/mol. The Labute approximate surface area is 138 Å². The van der Waals surface area contributed by atoms with Crippen LogP contribution in [0, 0.1) is 22.9 Å². The van der Waals surface area contributed by atoms with E-state index >= 15 is 0 Å². The Hall–Kier alpha value is -0.830. The first kappa shape index (κ1) is 23.4. The number of unbranched alkanes of at least 4 members (excludes halogenated alkanes) is 3. The van der Waals surface area contributed by atoms with Gasteiger partial charge in [-0.3, -0.25) is 0 Å². The van der Waals surface area contributed by atoms with Crippen molar-refractivity contribution in [2.75, 3.05) is 38.4 Å². The minimum atomic E-state index is -1.00. The maximum atomic E-state index is 7.48. The Morgan fingerprint density at radius 2 is 1.23 bits per heavy atom. The van der Waals surface area contributed by atoms with Gasteiger partial charge in [0.25, 0.3) is 0 Å². The first-order valence-electron chi connectivity index (χ1n) is 8.68. The van der Waals surface area contributed by atoms with Crippen LogP contribution in [0.4, 0.5) is 0 Å². The summed E-state index contributed by atoms with van der Waals surface area (Å²) in [6.45, 7) is 7.99. The van der Waals surface area contributed by atoms with Gasteiger partial charge in [0, 0.05) is 0 Å². The van der Waals surface area contributed by atoms with Gasteiger partial charge in [-0.05, 0) is 0 Å². The van der Waals surface area contributed by atoms with Crippen molar-refractivity contribution in [3.05, 3.63) is 0 Å². The predicted molar refractivity (Wildman–Crippen MR) is 98.7 cm³/mol. The van der Waals surface area contributed by atoms with Gasteiger partial charge in [0.15, 0.2) is 12.4 Å². The van der Waals surface area contributed by atoms with E-state index in [4.69, 9.17) is 15.3 Å². The number of nitrogens with one attached hydrogen (secondary N) is 1. The molecule has 0 radical (unpaired) electrons. The van der Waals surface area contributed by atoms with Crippen LogP contribution in [0.25, 0.3) is 0 Å². The minimum absolute atomic E-state index is 1.00. The molecule has 0 spiro atoms. The van der Waals surface area contributed by atoms with E-state index < -0.39 is 7.26 Å². The second-order valence-electron chi connectivity index (χ2n) is 5.90. The van der Waals surface area contributed by atoms with E-state index in [1.54, 1.807) is 23.8 Å². The average molecular weight is 329 g/mol. The van der Waals surface area contributed by atoms with Gasteiger partial charge in [0.1, 0.15) is 0 Å². The first-order chi connectivity index (χ1) is 10.7. The maximum Gasteiger partial charge on any atom is 0.190 e. The normalized spacial score (nSPS) is 10.8. The second-order valence-corrected chi connectivity index (χ2v) is 10.9. The third kappa shape index (κ3) is 14.1. The number of nitriles is 2. The van der Waals surface area contributed by atoms with Crippen molar-refractivity contribution in [1.29, 1.82) is 10.5 Å². The Balaban J connectivity index is 0. The largest absolute Gasteiger partial charge is 0.229 e. The van der Waals surface area contributed by atoms with E-state index in [-0.39, 0.29) is 0 Å². The number of hydrogen-bond donors (Lipinski definition) is 1. The zero-order valence-electron chi connectivity index (χ0n) is 15.1. The molecule has 0 aromatic rings. The van der Waals surface area contributed by atoms with Crippen LogP contribution < -0.4 is 5.32 Å². The summed E-state index contributed by atoms with van der Waals surface area (Å²) in [6.07, 6.45) is 17.3. The van der Waals surface area contributed by atoms with Gasteiger partial charge in [-0.25, -0.2) is 5.32 Å². The Morgan fingerprint density at radius 3 is 1.45 bits per heavy atom. The summed E-state index contributed by atoms with van der Waals surface area (Å²) in [5, 5.41) is 16.7. The molecule has 0 saturated carbocycles. The summed E-state index contributed by atoms with van der Waals surface area (Å²) in [5.41, 5.74) is 0. The number of ether oxygens (including phenoxy) is 1. The molecule has 0 aliphatic heterocycles. The zero-order valence-corrected chi connectivity index (χ0v) is 16.1. The molecule has 0 aliphatic rings. The molecular formula is C17H36N3OP. The molecule has 0 unspecified atom stereocenters. The topological polar surface area (TPSA) is 68.8 Å². The molecule has 0 atom stereocenters. The second kappa shape index (κ2) is 18.2. The molecule has 4 nitrogen and oxygen atoms in total. The smallest absolute Gasteiger partial charge is 0.190 e. The van der Waals surface area contributed by atoms with E-state index in [1.165, 1.54) is 57.1 Å². The molecule has 0 fully saturated rings. The maximum absolute atomic E-state index is 7.48. The first-order valence-corrected chi connectivity index (χ1v) is 11.5. The molecular weight excluding hydrogens is 293 g/mol. The molecule has 0 aliphatic carbocycles. The molecule has 0 saturated heterocycles. The summed E-state index contributed by atoms with van der Waals surface area (Å²) in [6, 6.07) is 0. The van der Waals surface area contributed by atoms with E-state index in [0.29, 0.717) is 0 Å². The van der Waals surface area contributed by atoms with Gasteiger partial charge in [-0.15, -0.1) is 0 Å². The quantitative estimate of drug-likeness (QED) is 0.329. The number of rotatable bonds is 12. The van der Waals surface area contributed by atoms with Gasteiger partial charge in [-0.2, -0.15) is 10.5 Å². The fourth-order valence-corrected chi connectivity index (χ4v) is 8.20. The van der Waals surface area contributed by atoms with Crippen LogP contribution >= 0.6 is 7.26 Å². The van der Waals surface area contributed by atoms with E-state index in [9.17, 15) is 0 Å². The van der Waals surface area contributed by atoms with Crippen molar-refractivity contribution >= 4 is 7.26 Å². The fourth-order valence-electron chi connectivity index (χ4n) is 2.75. The molecule has 130 valence electrons. The van der Waals surface area contributed by atoms with Crippen LogP contribution in [-0.2, 0) is 4.74 Å². The molecule has 1 N–H and O–H groups in total. The van der Waals surface area contributed by atoms with Gasteiger partial charge in [-0.1, -0.05) is 0 Å². The van der Waals surface area contributed by atoms with Gasteiger partial charge in [0.05, 0.1) is 0 Å². The van der Waals surface area contributed by atoms with Crippen molar-refractivity contribution in [1.82, 2.24) is 5.32 Å². The number of hydrogen-bond acceptors (Lipinski definition) is 4. The third-order valence-electron chi connectivity index (χ3n) is 4.13. The van der Waals surface area contributed by atoms with Crippen molar-refractivity contribution in [2.45, 2.75) is 59.3 Å². The van der Waals surface area contributed by atoms with Gasteiger partial charge >= 0.3 is 110 Å². The Kier molecular flexibility index (Phi) is 19.4. The summed E-state index contributed by atoms with van der Waals surface area (Å²) in [5.74, 6) is 0.